The quantitative estimate of drug-likeness (QED) is 0.840. The fraction of sp³-hybridized carbons (Fsp3) is 0.0769. The molecule has 6 nitrogen and oxygen atoms in total. The van der Waals surface area contributed by atoms with Gasteiger partial charge < -0.3 is 11.1 Å². The predicted octanol–water partition coefficient (Wildman–Crippen LogP) is 1.97. The van der Waals surface area contributed by atoms with E-state index in [2.05, 4.69) is 10.3 Å². The number of hydrogen-bond acceptors (Lipinski definition) is 5. The van der Waals surface area contributed by atoms with Crippen molar-refractivity contribution >= 4 is 38.9 Å². The number of nitrogens with two attached hydrogens (primary N) is 1. The Balaban J connectivity index is 2.32. The molecule has 1 heterocycles. The number of nitrogens with zero attached hydrogens (tertiary/aromatic N) is 1. The Kier molecular flexibility index (Phi) is 4.15. The third-order valence-corrected chi connectivity index (χ3v) is 4.00. The molecule has 0 aliphatic rings. The molecule has 1 aromatic heterocycles. The van der Waals surface area contributed by atoms with Gasteiger partial charge in [0.05, 0.1) is 15.5 Å². The highest BCUT2D eigenvalue weighted by Crippen LogP contribution is 2.19. The minimum absolute atomic E-state index is 0.0194. The molecule has 21 heavy (non-hydrogen) atoms. The number of rotatable bonds is 3. The van der Waals surface area contributed by atoms with Crippen LogP contribution in [0.2, 0.25) is 5.02 Å². The molecule has 3 N–H and O–H groups in total. The number of amides is 1. The van der Waals surface area contributed by atoms with Gasteiger partial charge in [0.2, 0.25) is 0 Å². The Hall–Kier alpha value is -2.12. The van der Waals surface area contributed by atoms with Crippen LogP contribution in [-0.2, 0) is 9.84 Å². The van der Waals surface area contributed by atoms with E-state index >= 15 is 0 Å². The molecule has 0 spiro atoms. The van der Waals surface area contributed by atoms with Crippen LogP contribution in [0.15, 0.2) is 41.4 Å². The maximum absolute atomic E-state index is 12.1. The van der Waals surface area contributed by atoms with Crippen LogP contribution in [0.4, 0.5) is 11.5 Å². The Morgan fingerprint density at radius 3 is 2.57 bits per heavy atom. The molecule has 110 valence electrons. The molecule has 0 aliphatic heterocycles. The summed E-state index contributed by atoms with van der Waals surface area (Å²) >= 11 is 5.70. The Morgan fingerprint density at radius 1 is 1.29 bits per heavy atom. The zero-order chi connectivity index (χ0) is 15.6. The second-order valence-electron chi connectivity index (χ2n) is 4.34. The van der Waals surface area contributed by atoms with Crippen LogP contribution in [0.3, 0.4) is 0 Å². The number of nitrogens with one attached hydrogen (secondary N) is 1. The summed E-state index contributed by atoms with van der Waals surface area (Å²) in [6.07, 6.45) is 2.44. The van der Waals surface area contributed by atoms with E-state index in [1.165, 1.54) is 30.5 Å². The van der Waals surface area contributed by atoms with Gasteiger partial charge >= 0.3 is 0 Å². The van der Waals surface area contributed by atoms with Gasteiger partial charge in [0.1, 0.15) is 5.82 Å². The topological polar surface area (TPSA) is 102 Å². The van der Waals surface area contributed by atoms with E-state index in [-0.39, 0.29) is 22.0 Å². The summed E-state index contributed by atoms with van der Waals surface area (Å²) in [6.45, 7) is 0. The van der Waals surface area contributed by atoms with Gasteiger partial charge in [-0.1, -0.05) is 11.6 Å². The van der Waals surface area contributed by atoms with Crippen molar-refractivity contribution < 1.29 is 13.2 Å². The summed E-state index contributed by atoms with van der Waals surface area (Å²) in [5.74, 6) is -0.263. The van der Waals surface area contributed by atoms with Gasteiger partial charge in [-0.2, -0.15) is 0 Å². The van der Waals surface area contributed by atoms with Gasteiger partial charge in [0.15, 0.2) is 9.84 Å². The number of pyridine rings is 1. The van der Waals surface area contributed by atoms with Crippen LogP contribution in [0.25, 0.3) is 0 Å². The minimum Gasteiger partial charge on any atom is -0.398 e. The highest BCUT2D eigenvalue weighted by Gasteiger charge is 2.15. The summed E-state index contributed by atoms with van der Waals surface area (Å²) in [6, 6.07) is 7.05. The van der Waals surface area contributed by atoms with Crippen molar-refractivity contribution in [3.8, 4) is 0 Å². The van der Waals surface area contributed by atoms with Gasteiger partial charge in [-0.3, -0.25) is 4.79 Å². The number of carbonyl (C=O) groups excluding carboxylic acids is 1. The summed E-state index contributed by atoms with van der Waals surface area (Å²) in [5.41, 5.74) is 5.95. The van der Waals surface area contributed by atoms with Crippen molar-refractivity contribution in [3.05, 3.63) is 47.1 Å². The van der Waals surface area contributed by atoms with Crippen LogP contribution in [0, 0.1) is 0 Å². The van der Waals surface area contributed by atoms with Crippen LogP contribution >= 0.6 is 11.6 Å². The maximum atomic E-state index is 12.1. The molecule has 0 saturated heterocycles. The number of sulfone groups is 1. The summed E-state index contributed by atoms with van der Waals surface area (Å²) < 4.78 is 23.0. The molecule has 0 atom stereocenters. The van der Waals surface area contributed by atoms with Gasteiger partial charge in [0.25, 0.3) is 5.91 Å². The van der Waals surface area contributed by atoms with Crippen molar-refractivity contribution in [2.24, 2.45) is 0 Å². The zero-order valence-corrected chi connectivity index (χ0v) is 12.6. The smallest absolute Gasteiger partial charge is 0.258 e. The second kappa shape index (κ2) is 5.71. The monoisotopic (exact) mass is 325 g/mol. The summed E-state index contributed by atoms with van der Waals surface area (Å²) in [7, 11) is -3.42. The van der Waals surface area contributed by atoms with Crippen molar-refractivity contribution in [1.82, 2.24) is 4.98 Å². The molecule has 0 radical (unpaired) electrons. The lowest BCUT2D eigenvalue weighted by Gasteiger charge is -2.08. The Morgan fingerprint density at radius 2 is 2.00 bits per heavy atom. The molecule has 1 aromatic carbocycles. The standard InChI is InChI=1S/C13H12ClN3O3S/c1-21(19,20)9-3-4-11(15)10(6-9)13(18)17-12-5-2-8(14)7-16-12/h2-7H,15H2,1H3,(H,16,17,18). The SMILES string of the molecule is CS(=O)(=O)c1ccc(N)c(C(=O)Nc2ccc(Cl)cn2)c1. The number of carbonyl (C=O) groups is 1. The van der Waals surface area contributed by atoms with E-state index in [1.54, 1.807) is 6.07 Å². The largest absolute Gasteiger partial charge is 0.398 e. The first kappa shape index (κ1) is 15.3. The summed E-state index contributed by atoms with van der Waals surface area (Å²) in [4.78, 5) is 16.1. The van der Waals surface area contributed by atoms with Gasteiger partial charge in [0, 0.05) is 18.1 Å². The molecule has 8 heteroatoms. The van der Waals surface area contributed by atoms with Gasteiger partial charge in [-0.25, -0.2) is 13.4 Å². The second-order valence-corrected chi connectivity index (χ2v) is 6.79. The molecule has 0 bridgehead atoms. The maximum Gasteiger partial charge on any atom is 0.258 e. The van der Waals surface area contributed by atoms with Gasteiger partial charge in [-0.15, -0.1) is 0 Å². The van der Waals surface area contributed by atoms with Gasteiger partial charge in [-0.05, 0) is 30.3 Å². The van der Waals surface area contributed by atoms with E-state index < -0.39 is 15.7 Å². The number of halogens is 1. The van der Waals surface area contributed by atoms with Crippen molar-refractivity contribution in [2.75, 3.05) is 17.3 Å². The first-order valence-electron chi connectivity index (χ1n) is 5.80. The summed E-state index contributed by atoms with van der Waals surface area (Å²) in [5, 5.41) is 2.96. The highest BCUT2D eigenvalue weighted by atomic mass is 35.5. The van der Waals surface area contributed by atoms with E-state index in [0.717, 1.165) is 6.26 Å². The number of anilines is 2. The Labute approximate surface area is 126 Å². The normalized spacial score (nSPS) is 11.1. The predicted molar refractivity (Wildman–Crippen MR) is 81.2 cm³/mol. The lowest BCUT2D eigenvalue weighted by Crippen LogP contribution is -2.15. The lowest BCUT2D eigenvalue weighted by molar-refractivity contribution is 0.102. The molecule has 1 amide bonds. The first-order chi connectivity index (χ1) is 9.77. The third kappa shape index (κ3) is 3.71. The number of benzene rings is 1. The van der Waals surface area contributed by atoms with E-state index in [1.807, 2.05) is 0 Å². The number of hydrogen-bond donors (Lipinski definition) is 2. The number of aromatic nitrogens is 1. The fourth-order valence-electron chi connectivity index (χ4n) is 1.60. The Bertz CT molecular complexity index is 789. The van der Waals surface area contributed by atoms with E-state index in [9.17, 15) is 13.2 Å². The molecule has 0 unspecified atom stereocenters. The minimum atomic E-state index is -3.42. The van der Waals surface area contributed by atoms with Crippen LogP contribution < -0.4 is 11.1 Å². The van der Waals surface area contributed by atoms with E-state index in [4.69, 9.17) is 17.3 Å². The molecule has 0 aliphatic carbocycles. The van der Waals surface area contributed by atoms with Crippen molar-refractivity contribution in [2.45, 2.75) is 4.90 Å². The lowest BCUT2D eigenvalue weighted by atomic mass is 10.1. The van der Waals surface area contributed by atoms with Crippen LogP contribution in [0.5, 0.6) is 0 Å². The third-order valence-electron chi connectivity index (χ3n) is 2.67. The highest BCUT2D eigenvalue weighted by molar-refractivity contribution is 7.90. The van der Waals surface area contributed by atoms with Crippen LogP contribution in [-0.4, -0.2) is 25.6 Å². The molecule has 0 fully saturated rings. The van der Waals surface area contributed by atoms with Crippen molar-refractivity contribution in [1.29, 1.82) is 0 Å². The molecular formula is C13H12ClN3O3S. The van der Waals surface area contributed by atoms with Crippen LogP contribution in [0.1, 0.15) is 10.4 Å². The zero-order valence-electron chi connectivity index (χ0n) is 11.0. The van der Waals surface area contributed by atoms with E-state index in [0.29, 0.717) is 5.02 Å². The molecule has 0 saturated carbocycles. The van der Waals surface area contributed by atoms with Crippen molar-refractivity contribution in [3.63, 3.8) is 0 Å². The average Bonchev–Trinajstić information content (AvgIpc) is 2.40. The molecular weight excluding hydrogens is 314 g/mol. The first-order valence-corrected chi connectivity index (χ1v) is 8.07. The molecule has 2 rings (SSSR count). The average molecular weight is 326 g/mol. The molecule has 2 aromatic rings. The fourth-order valence-corrected chi connectivity index (χ4v) is 2.36. The number of nitrogen functional groups attached to an aromatic ring is 1.